The molecule has 1 atom stereocenters. The molecule has 1 N–H and O–H groups in total. The van der Waals surface area contributed by atoms with Crippen molar-refractivity contribution in [2.75, 3.05) is 19.1 Å². The van der Waals surface area contributed by atoms with Crippen molar-refractivity contribution in [2.24, 2.45) is 0 Å². The maximum Gasteiger partial charge on any atom is 0.367 e. The number of esters is 1. The molecule has 0 heterocycles. The van der Waals surface area contributed by atoms with E-state index in [4.69, 9.17) is 9.84 Å². The summed E-state index contributed by atoms with van der Waals surface area (Å²) in [5.41, 5.74) is 0. The molecule has 0 saturated carbocycles. The summed E-state index contributed by atoms with van der Waals surface area (Å²) >= 11 is 0. The van der Waals surface area contributed by atoms with E-state index in [1.807, 2.05) is 6.92 Å². The topological polar surface area (TPSA) is 63.6 Å². The molecule has 1 unspecified atom stereocenters. The minimum atomic E-state index is -1.62. The lowest BCUT2D eigenvalue weighted by Crippen LogP contribution is -2.06. The average molecular weight is 193 g/mol. The highest BCUT2D eigenvalue weighted by Gasteiger charge is 2.15. The molecule has 0 bridgehead atoms. The van der Waals surface area contributed by atoms with Crippen LogP contribution in [0.15, 0.2) is 0 Å². The van der Waals surface area contributed by atoms with Crippen LogP contribution in [0, 0.1) is 0 Å². The van der Waals surface area contributed by atoms with E-state index < -0.39 is 7.80 Å². The van der Waals surface area contributed by atoms with Gasteiger partial charge in [-0.15, -0.1) is 0 Å². The second-order valence-electron chi connectivity index (χ2n) is 2.32. The number of aliphatic hydroxyl groups is 1. The monoisotopic (exact) mass is 193 g/mol. The lowest BCUT2D eigenvalue weighted by atomic mass is 10.5. The Balaban J connectivity index is 3.37. The van der Waals surface area contributed by atoms with Crippen molar-refractivity contribution in [3.63, 3.8) is 0 Å². The Morgan fingerprint density at radius 3 is 2.75 bits per heavy atom. The summed E-state index contributed by atoms with van der Waals surface area (Å²) in [6, 6.07) is 0. The molecule has 0 spiro atoms. The zero-order valence-corrected chi connectivity index (χ0v) is 8.05. The first-order valence-electron chi connectivity index (χ1n) is 3.89. The molecule has 0 fully saturated rings. The molecule has 12 heavy (non-hydrogen) atoms. The largest absolute Gasteiger partial charge is 0.466 e. The van der Waals surface area contributed by atoms with Crippen LogP contribution in [-0.4, -0.2) is 30.2 Å². The van der Waals surface area contributed by atoms with Crippen LogP contribution in [0.2, 0.25) is 0 Å². The van der Waals surface area contributed by atoms with Gasteiger partial charge in [-0.1, -0.05) is 11.5 Å². The fraction of sp³-hybridized carbons (Fsp3) is 0.857. The molecule has 0 radical (unpaired) electrons. The molecule has 0 aromatic rings. The highest BCUT2D eigenvalue weighted by molar-refractivity contribution is 7.44. The van der Waals surface area contributed by atoms with Crippen LogP contribution in [-0.2, 0) is 14.1 Å². The molecular weight excluding hydrogens is 179 g/mol. The second kappa shape index (κ2) is 7.19. The van der Waals surface area contributed by atoms with E-state index in [1.165, 1.54) is 0 Å². The number of ether oxygens (including phenoxy) is 1. The summed E-state index contributed by atoms with van der Waals surface area (Å²) in [5, 5.41) is 8.39. The van der Waals surface area contributed by atoms with Gasteiger partial charge in [0, 0.05) is 0 Å². The lowest BCUT2D eigenvalue weighted by Gasteiger charge is -1.98. The lowest BCUT2D eigenvalue weighted by molar-refractivity contribution is -0.143. The first-order valence-corrected chi connectivity index (χ1v) is 5.52. The number of hydrogen-bond donors (Lipinski definition) is 1. The summed E-state index contributed by atoms with van der Waals surface area (Å²) in [6.07, 6.45) is 0.790. The fourth-order valence-electron chi connectivity index (χ4n) is 0.575. The van der Waals surface area contributed by atoms with Crippen LogP contribution in [0.3, 0.4) is 0 Å². The standard InChI is InChI=1S/C7H14O4P/c1-2-4-11-7(9)3-5-12(10)6-8/h8H,2-6H2,1H3/q+1. The highest BCUT2D eigenvalue weighted by Crippen LogP contribution is 2.18. The van der Waals surface area contributed by atoms with Crippen molar-refractivity contribution in [1.82, 2.24) is 0 Å². The van der Waals surface area contributed by atoms with Gasteiger partial charge in [0.05, 0.1) is 13.0 Å². The van der Waals surface area contributed by atoms with Crippen LogP contribution in [0.5, 0.6) is 0 Å². The van der Waals surface area contributed by atoms with Crippen molar-refractivity contribution < 1.29 is 19.2 Å². The molecule has 5 heteroatoms. The Labute approximate surface area is 72.7 Å². The quantitative estimate of drug-likeness (QED) is 0.507. The third-order valence-corrected chi connectivity index (χ3v) is 2.23. The Bertz CT molecular complexity index is 157. The Morgan fingerprint density at radius 1 is 1.58 bits per heavy atom. The predicted molar refractivity (Wildman–Crippen MR) is 45.4 cm³/mol. The highest BCUT2D eigenvalue weighted by atomic mass is 31.1. The van der Waals surface area contributed by atoms with Crippen molar-refractivity contribution in [2.45, 2.75) is 19.8 Å². The number of carbonyl (C=O) groups excluding carboxylic acids is 1. The fourth-order valence-corrected chi connectivity index (χ4v) is 1.15. The van der Waals surface area contributed by atoms with E-state index in [1.54, 1.807) is 0 Å². The SMILES string of the molecule is CCCOC(=O)CC[P+](=O)CO. The summed E-state index contributed by atoms with van der Waals surface area (Å²) in [7, 11) is -1.62. The van der Waals surface area contributed by atoms with Gasteiger partial charge in [-0.05, 0) is 6.42 Å². The Morgan fingerprint density at radius 2 is 2.25 bits per heavy atom. The van der Waals surface area contributed by atoms with E-state index in [0.29, 0.717) is 6.61 Å². The van der Waals surface area contributed by atoms with E-state index in [-0.39, 0.29) is 24.9 Å². The van der Waals surface area contributed by atoms with Crippen molar-refractivity contribution in [1.29, 1.82) is 0 Å². The Kier molecular flexibility index (Phi) is 6.91. The minimum absolute atomic E-state index is 0.135. The maximum atomic E-state index is 10.8. The molecule has 0 aliphatic rings. The number of rotatable bonds is 6. The molecule has 0 saturated heterocycles. The van der Waals surface area contributed by atoms with Crippen LogP contribution >= 0.6 is 7.80 Å². The smallest absolute Gasteiger partial charge is 0.367 e. The average Bonchev–Trinajstić information content (AvgIpc) is 2.10. The predicted octanol–water partition coefficient (Wildman–Crippen LogP) is 1.11. The maximum absolute atomic E-state index is 10.8. The van der Waals surface area contributed by atoms with Crippen molar-refractivity contribution in [3.8, 4) is 0 Å². The molecule has 0 aliphatic heterocycles. The van der Waals surface area contributed by atoms with Gasteiger partial charge in [-0.2, -0.15) is 0 Å². The van der Waals surface area contributed by atoms with Gasteiger partial charge in [0.2, 0.25) is 6.35 Å². The van der Waals surface area contributed by atoms with Gasteiger partial charge >= 0.3 is 13.8 Å². The van der Waals surface area contributed by atoms with Crippen molar-refractivity contribution in [3.05, 3.63) is 0 Å². The molecule has 0 aliphatic carbocycles. The molecule has 0 aromatic heterocycles. The van der Waals surface area contributed by atoms with E-state index in [2.05, 4.69) is 0 Å². The molecule has 0 rings (SSSR count). The van der Waals surface area contributed by atoms with Gasteiger partial charge in [0.15, 0.2) is 6.16 Å². The first kappa shape index (κ1) is 11.5. The van der Waals surface area contributed by atoms with Gasteiger partial charge < -0.3 is 9.84 Å². The van der Waals surface area contributed by atoms with Gasteiger partial charge in [-0.3, -0.25) is 4.79 Å². The van der Waals surface area contributed by atoms with Gasteiger partial charge in [0.1, 0.15) is 0 Å². The second-order valence-corrected chi connectivity index (χ2v) is 4.01. The molecule has 0 amide bonds. The third-order valence-electron chi connectivity index (χ3n) is 1.19. The Hall–Kier alpha value is -0.470. The van der Waals surface area contributed by atoms with Gasteiger partial charge in [0.25, 0.3) is 0 Å². The van der Waals surface area contributed by atoms with E-state index >= 15 is 0 Å². The summed E-state index contributed by atoms with van der Waals surface area (Å²) < 4.78 is 15.4. The summed E-state index contributed by atoms with van der Waals surface area (Å²) in [6.45, 7) is 2.32. The number of aliphatic hydroxyl groups excluding tert-OH is 1. The van der Waals surface area contributed by atoms with Crippen LogP contribution in [0.25, 0.3) is 0 Å². The molecular formula is C7H14O4P+. The number of hydrogen-bond acceptors (Lipinski definition) is 4. The van der Waals surface area contributed by atoms with E-state index in [0.717, 1.165) is 6.42 Å². The van der Waals surface area contributed by atoms with E-state index in [9.17, 15) is 9.36 Å². The van der Waals surface area contributed by atoms with Crippen molar-refractivity contribution >= 4 is 13.8 Å². The first-order chi connectivity index (χ1) is 5.70. The molecule has 70 valence electrons. The molecule has 0 aromatic carbocycles. The minimum Gasteiger partial charge on any atom is -0.466 e. The van der Waals surface area contributed by atoms with Crippen LogP contribution in [0.4, 0.5) is 0 Å². The zero-order valence-electron chi connectivity index (χ0n) is 7.15. The zero-order chi connectivity index (χ0) is 9.40. The molecule has 4 nitrogen and oxygen atoms in total. The van der Waals surface area contributed by atoms with Crippen LogP contribution < -0.4 is 0 Å². The third kappa shape index (κ3) is 6.25. The summed E-state index contributed by atoms with van der Waals surface area (Å²) in [5.74, 6) is -0.339. The summed E-state index contributed by atoms with van der Waals surface area (Å²) in [4.78, 5) is 10.8. The normalized spacial score (nSPS) is 11.0. The van der Waals surface area contributed by atoms with Crippen LogP contribution in [0.1, 0.15) is 19.8 Å². The number of carbonyl (C=O) groups is 1. The van der Waals surface area contributed by atoms with Gasteiger partial charge in [-0.25, -0.2) is 0 Å².